The van der Waals surface area contributed by atoms with Crippen LogP contribution in [0.25, 0.3) is 0 Å². The third-order valence-electron chi connectivity index (χ3n) is 4.29. The maximum atomic E-state index is 12.5. The van der Waals surface area contributed by atoms with Crippen molar-refractivity contribution < 1.29 is 9.53 Å². The number of benzene rings is 1. The number of hydrogen-bond donors (Lipinski definition) is 3. The van der Waals surface area contributed by atoms with Gasteiger partial charge in [0.2, 0.25) is 0 Å². The van der Waals surface area contributed by atoms with Crippen molar-refractivity contribution in [3.8, 4) is 5.75 Å². The van der Waals surface area contributed by atoms with E-state index in [1.807, 2.05) is 12.1 Å². The van der Waals surface area contributed by atoms with Crippen molar-refractivity contribution in [3.05, 3.63) is 29.8 Å². The van der Waals surface area contributed by atoms with Crippen LogP contribution in [0.15, 0.2) is 24.3 Å². The average Bonchev–Trinajstić information content (AvgIpc) is 2.47. The summed E-state index contributed by atoms with van der Waals surface area (Å²) in [5, 5.41) is 11.0. The SMILES string of the molecule is CC(C)(C)c1ccc(OC(=O)C2(C(=N)N)CCNCC2)cc1. The molecule has 22 heavy (non-hydrogen) atoms. The zero-order valence-electron chi connectivity index (χ0n) is 13.5. The summed E-state index contributed by atoms with van der Waals surface area (Å²) in [4.78, 5) is 12.5. The Morgan fingerprint density at radius 1 is 1.23 bits per heavy atom. The van der Waals surface area contributed by atoms with Gasteiger partial charge in [0.25, 0.3) is 0 Å². The van der Waals surface area contributed by atoms with Gasteiger partial charge in [0.15, 0.2) is 0 Å². The number of amidine groups is 1. The Labute approximate surface area is 131 Å². The third-order valence-corrected chi connectivity index (χ3v) is 4.29. The molecule has 0 aromatic heterocycles. The molecular weight excluding hydrogens is 278 g/mol. The van der Waals surface area contributed by atoms with Crippen molar-refractivity contribution in [2.75, 3.05) is 13.1 Å². The highest BCUT2D eigenvalue weighted by molar-refractivity contribution is 6.04. The standard InChI is InChI=1S/C17H25N3O2/c1-16(2,3)12-4-6-13(7-5-12)22-15(21)17(14(18)19)8-10-20-11-9-17/h4-7,20H,8-11H2,1-3H3,(H3,18,19). The fraction of sp³-hybridized carbons (Fsp3) is 0.529. The van der Waals surface area contributed by atoms with E-state index in [0.29, 0.717) is 31.7 Å². The van der Waals surface area contributed by atoms with Gasteiger partial charge in [-0.2, -0.15) is 0 Å². The molecule has 0 aliphatic carbocycles. The lowest BCUT2D eigenvalue weighted by molar-refractivity contribution is -0.143. The van der Waals surface area contributed by atoms with Crippen LogP contribution in [0.5, 0.6) is 5.75 Å². The number of nitrogens with one attached hydrogen (secondary N) is 2. The van der Waals surface area contributed by atoms with Gasteiger partial charge in [-0.25, -0.2) is 0 Å². The Kier molecular flexibility index (Phi) is 4.56. The second kappa shape index (κ2) is 6.08. The number of rotatable bonds is 3. The lowest BCUT2D eigenvalue weighted by Crippen LogP contribution is -2.51. The molecule has 0 saturated carbocycles. The topological polar surface area (TPSA) is 88.2 Å². The van der Waals surface area contributed by atoms with Gasteiger partial charge in [-0.05, 0) is 49.0 Å². The maximum absolute atomic E-state index is 12.5. The summed E-state index contributed by atoms with van der Waals surface area (Å²) >= 11 is 0. The average molecular weight is 303 g/mol. The zero-order valence-corrected chi connectivity index (χ0v) is 13.5. The largest absolute Gasteiger partial charge is 0.426 e. The Bertz CT molecular complexity index is 552. The quantitative estimate of drug-likeness (QED) is 0.346. The van der Waals surface area contributed by atoms with Gasteiger partial charge in [0, 0.05) is 0 Å². The summed E-state index contributed by atoms with van der Waals surface area (Å²) in [6.07, 6.45) is 1.00. The Hall–Kier alpha value is -1.88. The minimum atomic E-state index is -0.992. The van der Waals surface area contributed by atoms with Gasteiger partial charge in [-0.1, -0.05) is 32.9 Å². The minimum Gasteiger partial charge on any atom is -0.426 e. The van der Waals surface area contributed by atoms with E-state index in [9.17, 15) is 4.79 Å². The smallest absolute Gasteiger partial charge is 0.325 e. The summed E-state index contributed by atoms with van der Waals surface area (Å²) in [6, 6.07) is 7.53. The Balaban J connectivity index is 2.15. The van der Waals surface area contributed by atoms with Crippen molar-refractivity contribution in [1.29, 1.82) is 5.41 Å². The number of hydrogen-bond acceptors (Lipinski definition) is 4. The molecule has 0 amide bonds. The molecule has 120 valence electrons. The van der Waals surface area contributed by atoms with E-state index in [2.05, 4.69) is 26.1 Å². The molecule has 0 unspecified atom stereocenters. The van der Waals surface area contributed by atoms with E-state index in [-0.39, 0.29) is 11.3 Å². The van der Waals surface area contributed by atoms with Crippen LogP contribution in [0, 0.1) is 10.8 Å². The van der Waals surface area contributed by atoms with Crippen LogP contribution in [0.1, 0.15) is 39.2 Å². The molecule has 0 radical (unpaired) electrons. The minimum absolute atomic E-state index is 0.0538. The van der Waals surface area contributed by atoms with Gasteiger partial charge in [-0.15, -0.1) is 0 Å². The lowest BCUT2D eigenvalue weighted by atomic mass is 9.78. The molecule has 1 fully saturated rings. The highest BCUT2D eigenvalue weighted by Gasteiger charge is 2.44. The fourth-order valence-corrected chi connectivity index (χ4v) is 2.66. The maximum Gasteiger partial charge on any atom is 0.325 e. The third kappa shape index (κ3) is 3.30. The summed E-state index contributed by atoms with van der Waals surface area (Å²) in [7, 11) is 0. The summed E-state index contributed by atoms with van der Waals surface area (Å²) in [6.45, 7) is 7.73. The van der Waals surface area contributed by atoms with Crippen molar-refractivity contribution >= 4 is 11.8 Å². The van der Waals surface area contributed by atoms with Gasteiger partial charge < -0.3 is 15.8 Å². The van der Waals surface area contributed by atoms with Gasteiger partial charge in [-0.3, -0.25) is 10.2 Å². The number of carbonyl (C=O) groups is 1. The number of ether oxygens (including phenoxy) is 1. The van der Waals surface area contributed by atoms with Gasteiger partial charge in [0.05, 0.1) is 0 Å². The second-order valence-electron chi connectivity index (χ2n) is 6.91. The molecule has 1 aliphatic heterocycles. The monoisotopic (exact) mass is 303 g/mol. The molecule has 0 atom stereocenters. The van der Waals surface area contributed by atoms with Crippen molar-refractivity contribution in [3.63, 3.8) is 0 Å². The molecule has 5 nitrogen and oxygen atoms in total. The molecule has 0 spiro atoms. The molecule has 4 N–H and O–H groups in total. The Morgan fingerprint density at radius 3 is 2.23 bits per heavy atom. The lowest BCUT2D eigenvalue weighted by Gasteiger charge is -2.33. The van der Waals surface area contributed by atoms with Gasteiger partial charge in [0.1, 0.15) is 17.0 Å². The van der Waals surface area contributed by atoms with Crippen LogP contribution >= 0.6 is 0 Å². The van der Waals surface area contributed by atoms with E-state index < -0.39 is 11.4 Å². The number of carbonyl (C=O) groups excluding carboxylic acids is 1. The number of piperidine rings is 1. The zero-order chi connectivity index (χ0) is 16.4. The number of nitrogens with two attached hydrogens (primary N) is 1. The molecule has 1 aromatic rings. The van der Waals surface area contributed by atoms with Crippen molar-refractivity contribution in [2.45, 2.75) is 39.0 Å². The molecule has 1 aromatic carbocycles. The van der Waals surface area contributed by atoms with E-state index >= 15 is 0 Å². The van der Waals surface area contributed by atoms with Crippen LogP contribution in [0.2, 0.25) is 0 Å². The van der Waals surface area contributed by atoms with Crippen LogP contribution in [0.3, 0.4) is 0 Å². The predicted octanol–water partition coefficient (Wildman–Crippen LogP) is 2.20. The normalized spacial score (nSPS) is 17.8. The summed E-state index contributed by atoms with van der Waals surface area (Å²) < 4.78 is 5.50. The first-order chi connectivity index (χ1) is 10.3. The number of esters is 1. The summed E-state index contributed by atoms with van der Waals surface area (Å²) in [5.41, 5.74) is 5.93. The fourth-order valence-electron chi connectivity index (χ4n) is 2.66. The van der Waals surface area contributed by atoms with Crippen LogP contribution in [-0.2, 0) is 10.2 Å². The first-order valence-electron chi connectivity index (χ1n) is 7.64. The Morgan fingerprint density at radius 2 is 1.77 bits per heavy atom. The molecule has 1 heterocycles. The highest BCUT2D eigenvalue weighted by atomic mass is 16.5. The van der Waals surface area contributed by atoms with Crippen LogP contribution in [-0.4, -0.2) is 24.9 Å². The molecule has 1 aliphatic rings. The molecule has 1 saturated heterocycles. The highest BCUT2D eigenvalue weighted by Crippen LogP contribution is 2.31. The molecule has 0 bridgehead atoms. The van der Waals surface area contributed by atoms with Crippen LogP contribution in [0.4, 0.5) is 0 Å². The van der Waals surface area contributed by atoms with Crippen molar-refractivity contribution in [1.82, 2.24) is 5.32 Å². The second-order valence-corrected chi connectivity index (χ2v) is 6.91. The van der Waals surface area contributed by atoms with Gasteiger partial charge >= 0.3 is 5.97 Å². The summed E-state index contributed by atoms with van der Waals surface area (Å²) in [5.74, 6) is -0.0347. The van der Waals surface area contributed by atoms with E-state index in [0.717, 1.165) is 0 Å². The van der Waals surface area contributed by atoms with E-state index in [4.69, 9.17) is 15.9 Å². The first kappa shape index (κ1) is 16.5. The molecule has 2 rings (SSSR count). The molecular formula is C17H25N3O2. The van der Waals surface area contributed by atoms with E-state index in [1.54, 1.807) is 12.1 Å². The van der Waals surface area contributed by atoms with Crippen LogP contribution < -0.4 is 15.8 Å². The van der Waals surface area contributed by atoms with E-state index in [1.165, 1.54) is 5.56 Å². The first-order valence-corrected chi connectivity index (χ1v) is 7.64. The predicted molar refractivity (Wildman–Crippen MR) is 87.2 cm³/mol. The molecule has 5 heteroatoms. The van der Waals surface area contributed by atoms with Crippen molar-refractivity contribution in [2.24, 2.45) is 11.1 Å².